The van der Waals surface area contributed by atoms with Gasteiger partial charge in [-0.05, 0) is 349 Å². The fourth-order valence-corrected chi connectivity index (χ4v) is 17.0. The topological polar surface area (TPSA) is 149 Å². The molecule has 70 heteroatoms. The first-order chi connectivity index (χ1) is 55.3. The average molecular weight is 1520 g/mol. The maximum atomic E-state index is 10.6. The Labute approximate surface area is 775 Å². The van der Waals surface area contributed by atoms with Crippen molar-refractivity contribution in [2.75, 3.05) is 6.54 Å². The summed E-state index contributed by atoms with van der Waals surface area (Å²) in [5.41, 5.74) is 14.1. The van der Waals surface area contributed by atoms with E-state index < -0.39 is 113 Å². The van der Waals surface area contributed by atoms with Gasteiger partial charge in [0.2, 0.25) is 6.20 Å². The number of nitrogens with two attached hydrogens (primary N) is 1. The Balaban J connectivity index is 0.000000291. The molecule has 0 spiro atoms. The number of aldehydes is 1. The summed E-state index contributed by atoms with van der Waals surface area (Å²) in [6, 6.07) is 22.9. The van der Waals surface area contributed by atoms with Gasteiger partial charge >= 0.3 is 0 Å². The normalized spacial score (nSPS) is 13.4. The number of hydrogen-bond acceptors (Lipinski definition) is 4. The van der Waals surface area contributed by atoms with Gasteiger partial charge in [0, 0.05) is 221 Å². The van der Waals surface area contributed by atoms with Gasteiger partial charge < -0.3 is 25.7 Å². The Morgan fingerprint density at radius 1 is 0.466 bits per heavy atom. The number of aromatic amines is 4. The molecule has 6 N–H and O–H groups in total. The third-order valence-electron chi connectivity index (χ3n) is 21.6. The Morgan fingerprint density at radius 2 is 0.763 bits per heavy atom. The van der Waals surface area contributed by atoms with Crippen molar-refractivity contribution in [3.8, 4) is 0 Å². The van der Waals surface area contributed by atoms with Gasteiger partial charge in [-0.2, -0.15) is 14.1 Å². The molecule has 2 fully saturated rings. The van der Waals surface area contributed by atoms with Crippen LogP contribution in [-0.2, 0) is 12.8 Å². The molecule has 2 aliphatic carbocycles. The smallest absolute Gasteiger partial charge is 0.235 e. The molecule has 3 atom stereocenters. The second-order valence-corrected chi connectivity index (χ2v) is 31.6. The van der Waals surface area contributed by atoms with Crippen molar-refractivity contribution in [2.24, 2.45) is 28.9 Å². The highest BCUT2D eigenvalue weighted by molar-refractivity contribution is 8.21. The van der Waals surface area contributed by atoms with Crippen molar-refractivity contribution in [2.45, 2.75) is 52.4 Å². The average Bonchev–Trinajstić information content (AvgIpc) is 1.55. The van der Waals surface area contributed by atoms with Crippen LogP contribution >= 0.6 is 46.4 Å². The van der Waals surface area contributed by atoms with Crippen LogP contribution in [0, 0.1) is 33.3 Å². The van der Waals surface area contributed by atoms with Gasteiger partial charge in [0.05, 0.1) is 25.0 Å². The summed E-state index contributed by atoms with van der Waals surface area (Å²) in [7, 11) is 162. The van der Waals surface area contributed by atoms with Gasteiger partial charge in [-0.25, -0.2) is 0 Å². The monoisotopic (exact) mass is 1530 g/mol. The number of aromatic nitrogens is 4. The molecule has 4 aromatic heterocycles. The number of rotatable bonds is 33. The third-order valence-corrected chi connectivity index (χ3v) is 22.9. The van der Waals surface area contributed by atoms with E-state index in [4.69, 9.17) is 261 Å². The number of fused-ring (bicyclic) bond motifs is 5. The molecule has 8 aromatic rings. The molecule has 0 aliphatic heterocycles. The van der Waals surface area contributed by atoms with Gasteiger partial charge in [0.1, 0.15) is 0 Å². The number of aryl methyl sites for hydroxylation is 1. The van der Waals surface area contributed by atoms with E-state index in [0.29, 0.717) is 33.1 Å². The summed E-state index contributed by atoms with van der Waals surface area (Å²) in [6.07, 6.45) is 5.12. The van der Waals surface area contributed by atoms with Gasteiger partial charge in [-0.15, -0.1) is 6.39 Å². The lowest BCUT2D eigenvalue weighted by Crippen LogP contribution is -2.79. The Bertz CT molecular complexity index is 4080. The standard InChI is InChI=1S/C19H24ClN.C10H7ClN2O2.C10H11ClN2.C9H6ClNO.B19H6.B19H3.B19/c1-19(2)14-9-12(10-15(14)19)5-3-6-13-11-21-17-8-4-7-16(20)18(13)17;11-8-2-1-3-9-10(8)7(6-12-9)4-5-13(14)15;11-8-2-1-3-9-10(8)7(4-5-12)6-13-9;10-7-2-1-3-8-9(7)6(5-12)4-11-8;3*1-11-16(10)19(17(12(2)3)13(4)5)18(14(6)7)15(8)9/h4,7-8,11-12,14-15,21H,3,5-6,9-10H2,1-2H3;1-6,12H;1-3,6,13H,4-5,12H2;1-5,11H;1-2H3;1H3;/q;;;;-2;-1;/b;5-4+;;;;;/t12?,14-,15+;;;;;;. The van der Waals surface area contributed by atoms with Crippen molar-refractivity contribution < 1.29 is 9.72 Å². The van der Waals surface area contributed by atoms with E-state index in [2.05, 4.69) is 53.1 Å². The molecule has 9 nitrogen and oxygen atoms in total. The Hall–Kier alpha value is -1.33. The first-order valence-corrected chi connectivity index (χ1v) is 38.9. The zero-order chi connectivity index (χ0) is 89.2. The molecule has 57 radical (unpaired) electrons. The van der Waals surface area contributed by atoms with Crippen molar-refractivity contribution in [1.29, 1.82) is 0 Å². The van der Waals surface area contributed by atoms with E-state index in [0.717, 1.165) is 85.8 Å². The van der Waals surface area contributed by atoms with Crippen molar-refractivity contribution in [3.63, 3.8) is 0 Å². The summed E-state index contributed by atoms with van der Waals surface area (Å²) >= 11 is 24.3. The summed E-state index contributed by atoms with van der Waals surface area (Å²) in [5.74, 6) is 3.05. The number of carbonyl (C=O) groups is 1. The van der Waals surface area contributed by atoms with Gasteiger partial charge in [0.25, 0.3) is 0 Å². The fraction of sp³-hybridized carbons (Fsp3) is 0.271. The van der Waals surface area contributed by atoms with E-state index in [9.17, 15) is 14.9 Å². The van der Waals surface area contributed by atoms with E-state index in [-0.39, 0.29) is 67.9 Å². The molecule has 2 aliphatic rings. The zero-order valence-corrected chi connectivity index (χ0v) is 68.1. The van der Waals surface area contributed by atoms with Gasteiger partial charge in [-0.1, -0.05) is 114 Å². The minimum absolute atomic E-state index is 0.00370. The Kier molecular flexibility index (Phi) is 48.8. The Morgan fingerprint density at radius 3 is 1.07 bits per heavy atom. The van der Waals surface area contributed by atoms with Crippen molar-refractivity contribution in [1.82, 2.24) is 19.9 Å². The first kappa shape index (κ1) is 109. The summed E-state index contributed by atoms with van der Waals surface area (Å²) in [6.45, 7) is 5.55. The highest BCUT2D eigenvalue weighted by atomic mass is 35.5. The molecule has 0 saturated heterocycles. The van der Waals surface area contributed by atoms with Gasteiger partial charge in [-0.3, -0.25) is 14.9 Å². The molecule has 0 amide bonds. The number of nitro groups is 1. The number of nitrogens with zero attached hydrogens (tertiary/aromatic N) is 1. The lowest BCUT2D eigenvalue weighted by atomic mass is 8.40. The molecule has 4 aromatic carbocycles. The lowest BCUT2D eigenvalue weighted by molar-refractivity contribution is -0.400. The van der Waals surface area contributed by atoms with Crippen LogP contribution in [0.1, 0.15) is 66.6 Å². The van der Waals surface area contributed by atoms with Crippen LogP contribution < -0.4 is 5.73 Å². The second-order valence-electron chi connectivity index (χ2n) is 30.0. The second kappa shape index (κ2) is 52.8. The van der Waals surface area contributed by atoms with Crippen LogP contribution in [0.4, 0.5) is 0 Å². The highest BCUT2D eigenvalue weighted by Crippen LogP contribution is 2.68. The summed E-state index contributed by atoms with van der Waals surface area (Å²) in [5, 5.41) is 17.0. The van der Waals surface area contributed by atoms with E-state index in [1.165, 1.54) is 60.9 Å². The van der Waals surface area contributed by atoms with Crippen molar-refractivity contribution in [3.05, 3.63) is 156 Å². The number of halogens is 4. The number of nitrogens with one attached hydrogen (secondary N) is 4. The molecule has 118 heavy (non-hydrogen) atoms. The predicted molar refractivity (Wildman–Crippen MR) is 594 cm³/mol. The van der Waals surface area contributed by atoms with Crippen LogP contribution in [0.15, 0.2) is 104 Å². The predicted octanol–water partition coefficient (Wildman–Crippen LogP) is -10.3. The highest BCUT2D eigenvalue weighted by Gasteiger charge is 2.61. The van der Waals surface area contributed by atoms with Crippen LogP contribution in [0.2, 0.25) is 20.1 Å². The van der Waals surface area contributed by atoms with Crippen molar-refractivity contribution >= 4 is 509 Å². The molecule has 2 saturated carbocycles. The molecule has 0 bridgehead atoms. The minimum atomic E-state index is -0.837. The van der Waals surface area contributed by atoms with Crippen LogP contribution in [0.5, 0.6) is 0 Å². The maximum absolute atomic E-state index is 10.6. The lowest BCUT2D eigenvalue weighted by Gasteiger charge is -2.43. The zero-order valence-electron chi connectivity index (χ0n) is 65.1. The van der Waals surface area contributed by atoms with Gasteiger partial charge in [0.15, 0.2) is 6.29 Å². The SMILES string of the molecule is CC1(C)[C@@H]2CC(CCCc3c[nH]c4cccc(Cl)c34)C[C@@H]21.NCCc1c[nH]c2cccc(Cl)c12.O=Cc1c[nH]c2cccc(Cl)c12.O=[N+]([O-])/C=C/c1c[nH]c2cccc(Cl)c12.[B]B([B])B(B([B])[B])B(B([B])[B][BH3-])B(B([B])[B])B([B])[BH3-].[B]B([B])B(B([B])[B])B(B([B])[B][BH3-])B(B([B])[B])B([B])[B].[B][B]B([B])B(B(B([B])[B])B([B])[B])B(B([B])[B])B([B])[B]. The number of benzene rings is 4. The molecule has 10 rings (SSSR count). The molecule has 499 valence electrons. The number of hydrogen-bond donors (Lipinski definition) is 5. The van der Waals surface area contributed by atoms with Crippen LogP contribution in [0.3, 0.4) is 0 Å². The fourth-order valence-electron chi connectivity index (χ4n) is 15.9. The molecule has 1 unspecified atom stereocenters. The maximum Gasteiger partial charge on any atom is 0.235 e. The van der Waals surface area contributed by atoms with E-state index in [1.54, 1.807) is 24.5 Å². The first-order valence-electron chi connectivity index (χ1n) is 37.4. The largest absolute Gasteiger partial charge is 0.361 e. The van der Waals surface area contributed by atoms with Crippen LogP contribution in [0.25, 0.3) is 49.7 Å². The number of carbonyl (C=O) groups excluding carboxylic acids is 1. The third kappa shape index (κ3) is 31.0. The quantitative estimate of drug-likeness (QED) is 0.0120. The number of H-pyrrole nitrogens is 4. The minimum Gasteiger partial charge on any atom is -0.361 e. The van der Waals surface area contributed by atoms with E-state index >= 15 is 0 Å². The van der Waals surface area contributed by atoms with E-state index in [1.807, 2.05) is 67.9 Å². The molecular formula is C48H57B57Cl4N6O3-3. The summed E-state index contributed by atoms with van der Waals surface area (Å²) in [4.78, 5) is 32.7. The summed E-state index contributed by atoms with van der Waals surface area (Å²) < 4.78 is 0. The molecule has 4 heterocycles. The van der Waals surface area contributed by atoms with Crippen LogP contribution in [-0.4, -0.2) is 444 Å². The molecular weight excluding hydrogens is 1470 g/mol.